The number of halogens is 4. The molecule has 8 rings (SSSR count). The number of hydrogen-bond donors (Lipinski definition) is 6. The molecule has 32 nitrogen and oxygen atoms in total. The van der Waals surface area contributed by atoms with Gasteiger partial charge in [0.15, 0.2) is 17.2 Å². The van der Waals surface area contributed by atoms with Crippen molar-refractivity contribution < 1.29 is 81.3 Å². The second-order valence-electron chi connectivity index (χ2n) is 30.8. The number of ether oxygens (including phenoxy) is 9. The number of nitrogens with one attached hydrogen (secondary N) is 3. The van der Waals surface area contributed by atoms with E-state index >= 15 is 0 Å². The van der Waals surface area contributed by atoms with E-state index in [0.717, 1.165) is 63.3 Å². The molecule has 113 heavy (non-hydrogen) atoms. The minimum absolute atomic E-state index is 0.0889. The summed E-state index contributed by atoms with van der Waals surface area (Å²) in [4.78, 5) is 115. The van der Waals surface area contributed by atoms with E-state index in [1.807, 2.05) is 124 Å². The van der Waals surface area contributed by atoms with E-state index in [-0.39, 0.29) is 29.6 Å². The van der Waals surface area contributed by atoms with E-state index in [9.17, 15) is 33.6 Å². The zero-order valence-electron chi connectivity index (χ0n) is 68.6. The number of methoxy groups -OCH3 is 2. The van der Waals surface area contributed by atoms with Crippen LogP contribution < -0.4 is 32.3 Å². The second-order valence-corrected chi connectivity index (χ2v) is 34.5. The van der Waals surface area contributed by atoms with Gasteiger partial charge in [-0.25, -0.2) is 63.5 Å². The lowest BCUT2D eigenvalue weighted by molar-refractivity contribution is 0.0422. The highest BCUT2D eigenvalue weighted by molar-refractivity contribution is 9.11. The third-order valence-electron chi connectivity index (χ3n) is 13.2. The summed E-state index contributed by atoms with van der Waals surface area (Å²) >= 11 is 13.1. The molecule has 6 aromatic heterocycles. The Balaban J connectivity index is 0.000000356. The van der Waals surface area contributed by atoms with Crippen molar-refractivity contribution in [1.82, 2.24) is 44.6 Å². The fraction of sp³-hybridized carbons (Fsp3) is 0.494. The number of anilines is 6. The Morgan fingerprint density at radius 2 is 0.867 bits per heavy atom. The molecule has 1 fully saturated rings. The third-order valence-corrected chi connectivity index (χ3v) is 15.0. The molecule has 0 spiro atoms. The Kier molecular flexibility index (Phi) is 39.7. The predicted octanol–water partition coefficient (Wildman–Crippen LogP) is 15.6. The van der Waals surface area contributed by atoms with Crippen LogP contribution in [0.2, 0.25) is 0 Å². The molecule has 2 aliphatic rings. The summed E-state index contributed by atoms with van der Waals surface area (Å²) in [7, 11) is 14.4. The fourth-order valence-electron chi connectivity index (χ4n) is 9.25. The number of nitrogens with zero attached hydrogens (tertiary/aromatic N) is 10. The summed E-state index contributed by atoms with van der Waals surface area (Å²) in [5.74, 6) is 1.32. The quantitative estimate of drug-likeness (QED) is 0.0411. The van der Waals surface area contributed by atoms with Crippen molar-refractivity contribution in [2.75, 3.05) is 115 Å². The van der Waals surface area contributed by atoms with Gasteiger partial charge in [-0.3, -0.25) is 16.0 Å². The molecule has 2 aliphatic heterocycles. The molecule has 5 amide bonds. The number of amides is 5. The van der Waals surface area contributed by atoms with Gasteiger partial charge in [-0.1, -0.05) is 69.8 Å². The van der Waals surface area contributed by atoms with Gasteiger partial charge in [0, 0.05) is 50.0 Å². The van der Waals surface area contributed by atoms with Crippen LogP contribution in [-0.4, -0.2) is 203 Å². The lowest BCUT2D eigenvalue weighted by Crippen LogP contribution is -2.44. The summed E-state index contributed by atoms with van der Waals surface area (Å²) in [6.45, 7) is 31.1. The van der Waals surface area contributed by atoms with Crippen molar-refractivity contribution in [2.45, 2.75) is 170 Å². The Morgan fingerprint density at radius 1 is 0.478 bits per heavy atom. The van der Waals surface area contributed by atoms with Crippen LogP contribution >= 0.6 is 63.7 Å². The zero-order valence-corrected chi connectivity index (χ0v) is 74.9. The van der Waals surface area contributed by atoms with E-state index in [1.165, 1.54) is 31.9 Å². The second kappa shape index (κ2) is 45.5. The lowest BCUT2D eigenvalue weighted by atomic mass is 9.98. The van der Waals surface area contributed by atoms with Crippen molar-refractivity contribution in [3.8, 4) is 0 Å². The molecule has 0 saturated carbocycles. The van der Waals surface area contributed by atoms with E-state index in [2.05, 4.69) is 130 Å². The third kappa shape index (κ3) is 41.3. The molecule has 0 aromatic carbocycles. The Morgan fingerprint density at radius 3 is 1.26 bits per heavy atom. The van der Waals surface area contributed by atoms with Crippen LogP contribution in [-0.2, 0) is 68.9 Å². The average Bonchev–Trinajstić information content (AvgIpc) is 1.23. The topological polar surface area (TPSA) is 401 Å². The molecule has 1 unspecified atom stereocenters. The van der Waals surface area contributed by atoms with Crippen LogP contribution in [0.15, 0.2) is 96.8 Å². The van der Waals surface area contributed by atoms with Gasteiger partial charge in [0.25, 0.3) is 0 Å². The summed E-state index contributed by atoms with van der Waals surface area (Å²) in [6, 6.07) is 20.9. The highest BCUT2D eigenvalue weighted by Crippen LogP contribution is 2.30. The van der Waals surface area contributed by atoms with E-state index in [4.69, 9.17) is 49.7 Å². The normalized spacial score (nSPS) is 13.2. The maximum atomic E-state index is 12.6. The number of hydrogen-bond acceptors (Lipinski definition) is 28. The van der Waals surface area contributed by atoms with Crippen molar-refractivity contribution in [3.63, 3.8) is 0 Å². The molecule has 8 N–H and O–H groups in total. The van der Waals surface area contributed by atoms with E-state index < -0.39 is 70.4 Å². The zero-order chi connectivity index (χ0) is 85.7. The van der Waals surface area contributed by atoms with Crippen molar-refractivity contribution in [3.05, 3.63) is 142 Å². The first-order valence-electron chi connectivity index (χ1n) is 35.2. The lowest BCUT2D eigenvalue weighted by Gasteiger charge is -2.28. The number of pyridine rings is 6. The fourth-order valence-corrected chi connectivity index (χ4v) is 11.1. The molecule has 8 heterocycles. The number of nitrogens with two attached hydrogens (primary N) is 2. The minimum Gasteiger partial charge on any atom is -0.464 e. The predicted molar refractivity (Wildman–Crippen MR) is 447 cm³/mol. The van der Waals surface area contributed by atoms with Gasteiger partial charge in [0.1, 0.15) is 57.1 Å². The van der Waals surface area contributed by atoms with E-state index in [0.29, 0.717) is 75.0 Å². The first kappa shape index (κ1) is 98.6. The first-order chi connectivity index (χ1) is 52.2. The molecule has 0 bridgehead atoms. The number of aliphatic hydroxyl groups excluding tert-OH is 1. The number of aromatic nitrogens is 6. The van der Waals surface area contributed by atoms with Gasteiger partial charge in [0.05, 0.1) is 63.4 Å². The number of esters is 2. The van der Waals surface area contributed by atoms with Gasteiger partial charge in [-0.15, -0.1) is 0 Å². The summed E-state index contributed by atoms with van der Waals surface area (Å²) in [5.41, 5.74) is 14.6. The molecule has 1 atom stereocenters. The monoisotopic (exact) mass is 1830 g/mol. The highest BCUT2D eigenvalue weighted by atomic mass is 79.9. The number of imide groups is 1. The van der Waals surface area contributed by atoms with Gasteiger partial charge in [-0.05, 0) is 242 Å². The SMILES string of the molecule is CC(C)(C)OC(=O)Nc1cc(Br)cc(CO)n1.CN(C)Cc1cc(Br)cc(NC(=O)OC(C)(C)C)n1.CN(C)Cc1cc(C2=CCOC2)cc(NC(=O)OC(C)(C)C)n1.CN(C)Cc1cc(C2CCOC2)cc(N)n1.COC(=O)c1cc(Br)cc(N(C(=O)OC(C)(C)C)C(=O)OC(C)(C)C)n1.COC(=O)c1cc(Br)cc(N)n1. The number of nitrogen functional groups attached to an aromatic ring is 2. The Labute approximate surface area is 695 Å². The summed E-state index contributed by atoms with van der Waals surface area (Å²) in [6.07, 6.45) is -0.409. The molecule has 0 radical (unpaired) electrons. The van der Waals surface area contributed by atoms with Crippen LogP contribution in [0, 0.1) is 0 Å². The molecule has 6 aromatic rings. The maximum absolute atomic E-state index is 12.6. The smallest absolute Gasteiger partial charge is 0.425 e. The van der Waals surface area contributed by atoms with Crippen molar-refractivity contribution in [2.24, 2.45) is 0 Å². The van der Waals surface area contributed by atoms with Gasteiger partial charge >= 0.3 is 42.4 Å². The van der Waals surface area contributed by atoms with E-state index in [1.54, 1.807) is 92.6 Å². The van der Waals surface area contributed by atoms with Crippen LogP contribution in [0.5, 0.6) is 0 Å². The van der Waals surface area contributed by atoms with Crippen LogP contribution in [0.1, 0.15) is 171 Å². The Hall–Kier alpha value is -8.59. The van der Waals surface area contributed by atoms with Crippen LogP contribution in [0.4, 0.5) is 58.9 Å². The minimum atomic E-state index is -0.979. The number of carbonyl (C=O) groups excluding carboxylic acids is 7. The van der Waals surface area contributed by atoms with Crippen LogP contribution in [0.25, 0.3) is 5.57 Å². The average molecular weight is 1840 g/mol. The largest absolute Gasteiger partial charge is 0.464 e. The molecular formula is C77H109Br4N15O17. The number of rotatable bonds is 15. The summed E-state index contributed by atoms with van der Waals surface area (Å²) in [5, 5.41) is 16.8. The standard InChI is InChI=1S/C17H23BrN2O6.C17H25N3O3.C13H20BrN3O2.C12H19N3O.C11H15BrN2O3.C7H7BrN2O2/c1-16(2,3)25-14(22)20(15(23)26-17(4,5)6)12-9-10(18)8-11(19-12)13(21)24-7;1-17(2,3)23-16(21)19-15-9-13(12-6-7-22-11-12)8-14(18-15)10-20(4)5;1-13(2,3)19-12(18)16-11-7-9(14)6-10(15-11)8-17(4)5;1-15(2)7-11-5-10(6-12(13)14-11)9-3-4-16-8-9;1-11(2,3)17-10(16)14-9-5-7(12)4-8(6-15)13-9;1-12-7(11)5-2-4(8)3-6(9)10-5/h8-9H,1-7H3;6,8-9H,7,10-11H2,1-5H3,(H,18,19,21);6-7H,8H2,1-5H3,(H,15,16,18);5-6,9H,3-4,7-8H2,1-2H3,(H2,13,14);4-5,15H,6H2,1-3H3,(H,13,14,16);2-3H,1H3,(H2,9,10). The summed E-state index contributed by atoms with van der Waals surface area (Å²) < 4.78 is 48.7. The number of carbonyl (C=O) groups is 7. The van der Waals surface area contributed by atoms with Gasteiger partial charge in [-0.2, -0.15) is 4.90 Å². The molecule has 622 valence electrons. The Bertz CT molecular complexity index is 4160. The van der Waals surface area contributed by atoms with Gasteiger partial charge < -0.3 is 73.9 Å². The van der Waals surface area contributed by atoms with Crippen molar-refractivity contribution >= 4 is 147 Å². The first-order valence-corrected chi connectivity index (χ1v) is 38.4. The molecular weight excluding hydrogens is 1730 g/mol. The maximum Gasteiger partial charge on any atom is 0.425 e. The van der Waals surface area contributed by atoms with Gasteiger partial charge in [0.2, 0.25) is 0 Å². The van der Waals surface area contributed by atoms with Crippen LogP contribution in [0.3, 0.4) is 0 Å². The number of aliphatic hydroxyl groups is 1. The molecule has 0 aliphatic carbocycles. The molecule has 1 saturated heterocycles. The van der Waals surface area contributed by atoms with Crippen molar-refractivity contribution in [1.29, 1.82) is 0 Å². The highest BCUT2D eigenvalue weighted by Gasteiger charge is 2.35. The molecule has 36 heteroatoms.